The van der Waals surface area contributed by atoms with Crippen molar-refractivity contribution in [1.82, 2.24) is 9.47 Å². The number of aromatic nitrogens is 1. The van der Waals surface area contributed by atoms with E-state index in [1.54, 1.807) is 23.8 Å². The van der Waals surface area contributed by atoms with Gasteiger partial charge in [-0.25, -0.2) is 4.39 Å². The highest BCUT2D eigenvalue weighted by Crippen LogP contribution is 2.33. The van der Waals surface area contributed by atoms with Crippen LogP contribution in [-0.2, 0) is 6.42 Å². The number of hydrogen-bond donors (Lipinski definition) is 0. The molecule has 0 bridgehead atoms. The van der Waals surface area contributed by atoms with Crippen molar-refractivity contribution < 1.29 is 13.9 Å². The van der Waals surface area contributed by atoms with Crippen LogP contribution in [0.5, 0.6) is 5.75 Å². The quantitative estimate of drug-likeness (QED) is 0.320. The highest BCUT2D eigenvalue weighted by molar-refractivity contribution is 6.04. The molecule has 0 spiro atoms. The number of fused-ring (bicyclic) bond motifs is 1. The number of halogens is 1. The van der Waals surface area contributed by atoms with E-state index in [9.17, 15) is 9.18 Å². The lowest BCUT2D eigenvalue weighted by molar-refractivity contribution is 0.0962. The first-order valence-electron chi connectivity index (χ1n) is 14.2. The molecule has 4 nitrogen and oxygen atoms in total. The van der Waals surface area contributed by atoms with Gasteiger partial charge in [0, 0.05) is 23.2 Å². The molecule has 3 aromatic rings. The maximum absolute atomic E-state index is 13.5. The minimum atomic E-state index is -0.339. The molecule has 2 fully saturated rings. The van der Waals surface area contributed by atoms with Crippen LogP contribution in [0.2, 0.25) is 0 Å². The zero-order chi connectivity index (χ0) is 25.8. The van der Waals surface area contributed by atoms with Crippen LogP contribution in [0.25, 0.3) is 10.9 Å². The van der Waals surface area contributed by atoms with Crippen molar-refractivity contribution in [3.63, 3.8) is 0 Å². The molecular formula is C32H41FN2O2. The molecule has 2 aromatic carbocycles. The molecule has 1 aromatic heterocycles. The molecule has 198 valence electrons. The number of likely N-dealkylation sites (tertiary alicyclic amines) is 1. The summed E-state index contributed by atoms with van der Waals surface area (Å²) >= 11 is 0. The molecular weight excluding hydrogens is 463 g/mol. The molecule has 0 unspecified atom stereocenters. The van der Waals surface area contributed by atoms with Crippen molar-refractivity contribution in [2.24, 2.45) is 11.8 Å². The smallest absolute Gasteiger partial charge is 0.262 e. The van der Waals surface area contributed by atoms with Gasteiger partial charge in [-0.3, -0.25) is 9.36 Å². The highest BCUT2D eigenvalue weighted by Gasteiger charge is 2.24. The second-order valence-corrected chi connectivity index (χ2v) is 11.2. The van der Waals surface area contributed by atoms with E-state index in [4.69, 9.17) is 4.74 Å². The first-order chi connectivity index (χ1) is 18.0. The molecule has 2 heterocycles. The number of nitrogens with zero attached hydrogens (tertiary/aromatic N) is 2. The van der Waals surface area contributed by atoms with Gasteiger partial charge in [-0.15, -0.1) is 0 Å². The minimum Gasteiger partial charge on any atom is -0.497 e. The predicted octanol–water partition coefficient (Wildman–Crippen LogP) is 7.40. The van der Waals surface area contributed by atoms with Crippen molar-refractivity contribution in [2.75, 3.05) is 26.7 Å². The fourth-order valence-corrected chi connectivity index (χ4v) is 6.60. The van der Waals surface area contributed by atoms with Crippen molar-refractivity contribution >= 4 is 16.8 Å². The third kappa shape index (κ3) is 5.93. The number of benzene rings is 2. The third-order valence-corrected chi connectivity index (χ3v) is 8.93. The van der Waals surface area contributed by atoms with Gasteiger partial charge in [0.1, 0.15) is 11.6 Å². The summed E-state index contributed by atoms with van der Waals surface area (Å²) in [5.41, 5.74) is 3.52. The molecule has 37 heavy (non-hydrogen) atoms. The molecule has 5 heteroatoms. The van der Waals surface area contributed by atoms with E-state index >= 15 is 0 Å². The van der Waals surface area contributed by atoms with Crippen molar-refractivity contribution in [3.8, 4) is 5.75 Å². The molecule has 1 saturated heterocycles. The normalized spacial score (nSPS) is 17.9. The van der Waals surface area contributed by atoms with E-state index in [0.29, 0.717) is 5.56 Å². The second-order valence-electron chi connectivity index (χ2n) is 11.2. The fourth-order valence-electron chi connectivity index (χ4n) is 6.60. The molecule has 5 rings (SSSR count). The monoisotopic (exact) mass is 504 g/mol. The number of methoxy groups -OCH3 is 1. The third-order valence-electron chi connectivity index (χ3n) is 8.93. The Hall–Kier alpha value is -2.66. The van der Waals surface area contributed by atoms with E-state index in [2.05, 4.69) is 4.90 Å². The van der Waals surface area contributed by atoms with Crippen LogP contribution in [0.3, 0.4) is 0 Å². The van der Waals surface area contributed by atoms with Crippen LogP contribution < -0.4 is 4.74 Å². The lowest BCUT2D eigenvalue weighted by atomic mass is 9.82. The van der Waals surface area contributed by atoms with E-state index in [-0.39, 0.29) is 11.7 Å². The van der Waals surface area contributed by atoms with Crippen LogP contribution in [-0.4, -0.2) is 42.1 Å². The lowest BCUT2D eigenvalue weighted by Gasteiger charge is -2.33. The van der Waals surface area contributed by atoms with Gasteiger partial charge in [-0.05, 0) is 99.1 Å². The number of ether oxygens (including phenoxy) is 1. The van der Waals surface area contributed by atoms with Gasteiger partial charge in [0.05, 0.1) is 12.6 Å². The minimum absolute atomic E-state index is 0.127. The number of piperidine rings is 1. The Morgan fingerprint density at radius 2 is 1.62 bits per heavy atom. The molecule has 1 saturated carbocycles. The zero-order valence-electron chi connectivity index (χ0n) is 22.5. The summed E-state index contributed by atoms with van der Waals surface area (Å²) < 4.78 is 20.8. The first kappa shape index (κ1) is 26.0. The zero-order valence-corrected chi connectivity index (χ0v) is 22.5. The SMILES string of the molecule is COc1ccc2c(c1)c(CCN1CCC(CCC3CCCCC3)CC1)c(C)n2C(=O)c1ccc(F)cc1. The molecule has 0 atom stereocenters. The Bertz CT molecular complexity index is 1200. The molecule has 0 N–H and O–H groups in total. The van der Waals surface area contributed by atoms with Gasteiger partial charge in [0.2, 0.25) is 0 Å². The Morgan fingerprint density at radius 3 is 2.30 bits per heavy atom. The molecule has 2 aliphatic rings. The molecule has 1 aliphatic carbocycles. The average Bonchev–Trinajstić information content (AvgIpc) is 3.21. The van der Waals surface area contributed by atoms with Crippen molar-refractivity contribution in [3.05, 3.63) is 65.1 Å². The van der Waals surface area contributed by atoms with Crippen LogP contribution in [0.4, 0.5) is 4.39 Å². The first-order valence-corrected chi connectivity index (χ1v) is 14.2. The number of carbonyl (C=O) groups excluding carboxylic acids is 1. The summed E-state index contributed by atoms with van der Waals surface area (Å²) in [6, 6.07) is 11.7. The number of rotatable bonds is 8. The van der Waals surface area contributed by atoms with E-state index in [0.717, 1.165) is 47.1 Å². The maximum atomic E-state index is 13.5. The summed E-state index contributed by atoms with van der Waals surface area (Å²) in [7, 11) is 1.67. The number of carbonyl (C=O) groups is 1. The van der Waals surface area contributed by atoms with Gasteiger partial charge < -0.3 is 9.64 Å². The summed E-state index contributed by atoms with van der Waals surface area (Å²) in [6.07, 6.45) is 13.6. The molecule has 0 radical (unpaired) electrons. The van der Waals surface area contributed by atoms with Gasteiger partial charge in [0.25, 0.3) is 5.91 Å². The highest BCUT2D eigenvalue weighted by atomic mass is 19.1. The van der Waals surface area contributed by atoms with E-state index < -0.39 is 0 Å². The van der Waals surface area contributed by atoms with Crippen LogP contribution in [0, 0.1) is 24.6 Å². The van der Waals surface area contributed by atoms with E-state index in [1.807, 2.05) is 25.1 Å². The standard InChI is InChI=1S/C32H41FN2O2/c1-23-29(18-21-34-19-16-25(17-20-34)9-8-24-6-4-3-5-7-24)30-22-28(37-2)14-15-31(30)35(23)32(36)26-10-12-27(33)13-11-26/h10-15,22,24-25H,3-9,16-21H2,1-2H3. The van der Waals surface area contributed by atoms with Crippen LogP contribution in [0.1, 0.15) is 79.4 Å². The van der Waals surface area contributed by atoms with Crippen molar-refractivity contribution in [2.45, 2.75) is 71.1 Å². The Kier molecular flexibility index (Phi) is 8.29. The summed E-state index contributed by atoms with van der Waals surface area (Å²) in [6.45, 7) is 5.37. The second kappa shape index (κ2) is 11.8. The predicted molar refractivity (Wildman–Crippen MR) is 148 cm³/mol. The van der Waals surface area contributed by atoms with Gasteiger partial charge in [0.15, 0.2) is 0 Å². The summed E-state index contributed by atoms with van der Waals surface area (Å²) in [5.74, 6) is 2.20. The van der Waals surface area contributed by atoms with Crippen molar-refractivity contribution in [1.29, 1.82) is 0 Å². The van der Waals surface area contributed by atoms with Crippen LogP contribution in [0.15, 0.2) is 42.5 Å². The summed E-state index contributed by atoms with van der Waals surface area (Å²) in [5, 5.41) is 1.06. The largest absolute Gasteiger partial charge is 0.497 e. The Labute approximate surface area is 220 Å². The van der Waals surface area contributed by atoms with Gasteiger partial charge >= 0.3 is 0 Å². The average molecular weight is 505 g/mol. The Morgan fingerprint density at radius 1 is 0.946 bits per heavy atom. The lowest BCUT2D eigenvalue weighted by Crippen LogP contribution is -2.35. The van der Waals surface area contributed by atoms with E-state index in [1.165, 1.54) is 88.6 Å². The van der Waals surface area contributed by atoms with Gasteiger partial charge in [-0.2, -0.15) is 0 Å². The van der Waals surface area contributed by atoms with Crippen LogP contribution >= 0.6 is 0 Å². The number of hydrogen-bond acceptors (Lipinski definition) is 3. The summed E-state index contributed by atoms with van der Waals surface area (Å²) in [4.78, 5) is 16.1. The molecule has 0 amide bonds. The Balaban J connectivity index is 1.27. The molecule has 1 aliphatic heterocycles. The van der Waals surface area contributed by atoms with Gasteiger partial charge in [-0.1, -0.05) is 44.9 Å². The topological polar surface area (TPSA) is 34.5 Å². The fraction of sp³-hybridized carbons (Fsp3) is 0.531. The maximum Gasteiger partial charge on any atom is 0.262 e.